The maximum Gasteiger partial charge on any atom is 0.331 e. The van der Waals surface area contributed by atoms with E-state index >= 15 is 0 Å². The Labute approximate surface area is 287 Å². The monoisotopic (exact) mass is 669 g/mol. The van der Waals surface area contributed by atoms with E-state index in [1.807, 2.05) is 50.2 Å². The fourth-order valence-corrected chi connectivity index (χ4v) is 9.19. The number of likely N-dealkylation sites (tertiary alicyclic amines) is 1. The smallest absolute Gasteiger partial charge is 0.331 e. The summed E-state index contributed by atoms with van der Waals surface area (Å²) >= 11 is 0. The van der Waals surface area contributed by atoms with Crippen molar-refractivity contribution in [1.82, 2.24) is 15.3 Å². The standard InChI is InChI=1S/C39H47N3O7/c1-24(2)20-33(45)42(30(21-25-10-13-28(43)14-11-25)37(46)48-23-26-8-6-5-7-9-26)40-29-16-17-39(47-4)32-22-27-12-15-31(44)35-34(27)38(39,36(29)49-35)18-19-41(32)3/h5-15,24,29-30,32,36,40,43-44H,16-23H2,1-4H3/t29?,30-,32+,36?,38-,39+/m0/s1. The highest BCUT2D eigenvalue weighted by molar-refractivity contribution is 5.84. The molecule has 0 aromatic heterocycles. The van der Waals surface area contributed by atoms with Crippen LogP contribution < -0.4 is 10.2 Å². The van der Waals surface area contributed by atoms with Crippen molar-refractivity contribution in [3.63, 3.8) is 0 Å². The van der Waals surface area contributed by atoms with Crippen LogP contribution in [0, 0.1) is 5.92 Å². The molecule has 6 atom stereocenters. The largest absolute Gasteiger partial charge is 0.508 e. The third kappa shape index (κ3) is 5.54. The molecule has 2 unspecified atom stereocenters. The SMILES string of the molecule is CO[C@@]12CCC(NN(C(=O)CC(C)C)[C@@H](Cc3ccc(O)cc3)C(=O)OCc3ccccc3)C3Oc4c(O)ccc5c4[C@@]31CCN(C)[C@@H]2C5. The number of aromatic hydroxyl groups is 2. The minimum atomic E-state index is -1.00. The summed E-state index contributed by atoms with van der Waals surface area (Å²) in [6, 6.07) is 18.6. The molecular weight excluding hydrogens is 622 g/mol. The van der Waals surface area contributed by atoms with Crippen molar-refractivity contribution in [2.45, 2.75) is 94.2 Å². The molecule has 3 aromatic carbocycles. The zero-order valence-corrected chi connectivity index (χ0v) is 28.7. The number of amides is 1. The van der Waals surface area contributed by atoms with Crippen molar-refractivity contribution in [1.29, 1.82) is 0 Å². The predicted molar refractivity (Wildman–Crippen MR) is 183 cm³/mol. The number of hydrogen-bond acceptors (Lipinski definition) is 9. The number of nitrogens with zero attached hydrogens (tertiary/aromatic N) is 2. The van der Waals surface area contributed by atoms with Gasteiger partial charge in [0.1, 0.15) is 24.5 Å². The Morgan fingerprint density at radius 2 is 1.80 bits per heavy atom. The van der Waals surface area contributed by atoms with Gasteiger partial charge in [-0.2, -0.15) is 0 Å². The molecule has 49 heavy (non-hydrogen) atoms. The molecule has 1 amide bonds. The first-order valence-corrected chi connectivity index (χ1v) is 17.4. The Bertz CT molecular complexity index is 1700. The van der Waals surface area contributed by atoms with E-state index in [-0.39, 0.29) is 54.9 Å². The summed E-state index contributed by atoms with van der Waals surface area (Å²) in [4.78, 5) is 30.8. The number of likely N-dealkylation sites (N-methyl/N-ethyl adjacent to an activating group) is 1. The van der Waals surface area contributed by atoms with Gasteiger partial charge in [-0.1, -0.05) is 62.4 Å². The summed E-state index contributed by atoms with van der Waals surface area (Å²) in [6.45, 7) is 4.86. The first-order chi connectivity index (χ1) is 23.6. The molecule has 2 bridgehead atoms. The second kappa shape index (κ2) is 13.0. The van der Waals surface area contributed by atoms with E-state index in [1.165, 1.54) is 5.01 Å². The highest BCUT2D eigenvalue weighted by Gasteiger charge is 2.73. The Morgan fingerprint density at radius 1 is 1.04 bits per heavy atom. The van der Waals surface area contributed by atoms with Crippen molar-refractivity contribution in [2.75, 3.05) is 20.7 Å². The average Bonchev–Trinajstić information content (AvgIpc) is 3.45. The van der Waals surface area contributed by atoms with Gasteiger partial charge in [-0.3, -0.25) is 9.80 Å². The number of phenols is 2. The van der Waals surface area contributed by atoms with Gasteiger partial charge in [-0.25, -0.2) is 10.2 Å². The topological polar surface area (TPSA) is 121 Å². The van der Waals surface area contributed by atoms with Crippen molar-refractivity contribution in [3.05, 3.63) is 89.0 Å². The molecule has 10 heteroatoms. The van der Waals surface area contributed by atoms with Gasteiger partial charge in [0, 0.05) is 31.6 Å². The Kier molecular flexibility index (Phi) is 8.83. The van der Waals surface area contributed by atoms with Crippen LogP contribution in [0.3, 0.4) is 0 Å². The van der Waals surface area contributed by atoms with Crippen LogP contribution >= 0.6 is 0 Å². The van der Waals surface area contributed by atoms with Crippen molar-refractivity contribution < 1.29 is 34.0 Å². The number of esters is 1. The van der Waals surface area contributed by atoms with Crippen LogP contribution in [0.1, 0.15) is 61.8 Å². The lowest BCUT2D eigenvalue weighted by Gasteiger charge is -2.65. The molecule has 2 heterocycles. The number of nitrogens with one attached hydrogen (secondary N) is 1. The number of methoxy groups -OCH3 is 1. The number of carbonyl (C=O) groups excluding carboxylic acids is 2. The molecule has 2 aliphatic heterocycles. The summed E-state index contributed by atoms with van der Waals surface area (Å²) in [7, 11) is 3.94. The zero-order chi connectivity index (χ0) is 34.5. The van der Waals surface area contributed by atoms with Gasteiger partial charge in [0.05, 0.1) is 17.1 Å². The maximum absolute atomic E-state index is 14.3. The molecular formula is C39H47N3O7. The van der Waals surface area contributed by atoms with Crippen LogP contribution in [-0.2, 0) is 43.9 Å². The summed E-state index contributed by atoms with van der Waals surface area (Å²) in [5, 5.41) is 22.6. The van der Waals surface area contributed by atoms with Crippen molar-refractivity contribution >= 4 is 11.9 Å². The summed E-state index contributed by atoms with van der Waals surface area (Å²) < 4.78 is 19.3. The third-order valence-electron chi connectivity index (χ3n) is 11.4. The highest BCUT2D eigenvalue weighted by atomic mass is 16.5. The fraction of sp³-hybridized carbons (Fsp3) is 0.487. The minimum Gasteiger partial charge on any atom is -0.508 e. The average molecular weight is 670 g/mol. The second-order valence-electron chi connectivity index (χ2n) is 14.6. The number of hydrogen-bond donors (Lipinski definition) is 3. The minimum absolute atomic E-state index is 0.0389. The highest BCUT2D eigenvalue weighted by Crippen LogP contribution is 2.66. The second-order valence-corrected chi connectivity index (χ2v) is 14.6. The van der Waals surface area contributed by atoms with Crippen LogP contribution in [0.5, 0.6) is 17.2 Å². The molecule has 260 valence electrons. The van der Waals surface area contributed by atoms with Crippen molar-refractivity contribution in [3.8, 4) is 17.2 Å². The van der Waals surface area contributed by atoms with E-state index in [4.69, 9.17) is 14.2 Å². The van der Waals surface area contributed by atoms with Crippen LogP contribution in [0.4, 0.5) is 0 Å². The van der Waals surface area contributed by atoms with Gasteiger partial charge >= 0.3 is 5.97 Å². The van der Waals surface area contributed by atoms with E-state index in [0.29, 0.717) is 18.6 Å². The number of phenolic OH excluding ortho intramolecular Hbond substituents is 2. The van der Waals surface area contributed by atoms with Crippen LogP contribution in [-0.4, -0.2) is 82.5 Å². The third-order valence-corrected chi connectivity index (χ3v) is 11.4. The number of hydrazine groups is 1. The number of rotatable bonds is 11. The fourth-order valence-electron chi connectivity index (χ4n) is 9.19. The maximum atomic E-state index is 14.3. The van der Waals surface area contributed by atoms with E-state index in [0.717, 1.165) is 41.6 Å². The lowest BCUT2D eigenvalue weighted by molar-refractivity contribution is -0.208. The lowest BCUT2D eigenvalue weighted by atomic mass is 9.48. The van der Waals surface area contributed by atoms with Gasteiger partial charge in [0.2, 0.25) is 5.91 Å². The molecule has 2 aliphatic carbocycles. The van der Waals surface area contributed by atoms with Gasteiger partial charge < -0.3 is 29.3 Å². The van der Waals surface area contributed by atoms with E-state index in [9.17, 15) is 19.8 Å². The molecule has 7 rings (SSSR count). The molecule has 2 fully saturated rings. The molecule has 1 saturated carbocycles. The quantitative estimate of drug-likeness (QED) is 0.198. The van der Waals surface area contributed by atoms with Gasteiger partial charge in [0.25, 0.3) is 0 Å². The van der Waals surface area contributed by atoms with Gasteiger partial charge in [0.15, 0.2) is 11.5 Å². The Hall–Kier alpha value is -4.12. The van der Waals surface area contributed by atoms with E-state index in [2.05, 4.69) is 17.4 Å². The first-order valence-electron chi connectivity index (χ1n) is 17.4. The molecule has 3 aromatic rings. The normalized spacial score (nSPS) is 27.2. The Balaban J connectivity index is 1.27. The summed E-state index contributed by atoms with van der Waals surface area (Å²) in [5.41, 5.74) is 6.25. The number of carbonyl (C=O) groups is 2. The van der Waals surface area contributed by atoms with Crippen LogP contribution in [0.25, 0.3) is 0 Å². The molecule has 0 radical (unpaired) electrons. The number of benzene rings is 3. The summed E-state index contributed by atoms with van der Waals surface area (Å²) in [6.07, 6.45) is 2.80. The zero-order valence-electron chi connectivity index (χ0n) is 28.7. The molecule has 1 saturated heterocycles. The molecule has 4 aliphatic rings. The summed E-state index contributed by atoms with van der Waals surface area (Å²) in [5.74, 6) is 0.00639. The number of ether oxygens (including phenoxy) is 3. The predicted octanol–water partition coefficient (Wildman–Crippen LogP) is 4.64. The first kappa shape index (κ1) is 33.4. The molecule has 1 spiro atoms. The lowest BCUT2D eigenvalue weighted by Crippen LogP contribution is -2.79. The molecule has 10 nitrogen and oxygen atoms in total. The van der Waals surface area contributed by atoms with Crippen LogP contribution in [0.2, 0.25) is 0 Å². The number of piperidine rings is 1. The van der Waals surface area contributed by atoms with E-state index < -0.39 is 29.1 Å². The van der Waals surface area contributed by atoms with E-state index in [1.54, 1.807) is 37.4 Å². The van der Waals surface area contributed by atoms with Crippen molar-refractivity contribution in [2.24, 2.45) is 5.92 Å². The van der Waals surface area contributed by atoms with Gasteiger partial charge in [-0.15, -0.1) is 0 Å². The van der Waals surface area contributed by atoms with Gasteiger partial charge in [-0.05, 0) is 80.1 Å². The van der Waals surface area contributed by atoms with Crippen LogP contribution in [0.15, 0.2) is 66.7 Å². The molecule has 3 N–H and O–H groups in total. The Morgan fingerprint density at radius 3 is 2.51 bits per heavy atom.